The van der Waals surface area contributed by atoms with Crippen molar-refractivity contribution in [1.29, 1.82) is 0 Å². The Kier molecular flexibility index (Phi) is 3.32. The number of hydrogen-bond acceptors (Lipinski definition) is 4. The van der Waals surface area contributed by atoms with Crippen LogP contribution in [0.5, 0.6) is 5.75 Å². The van der Waals surface area contributed by atoms with Crippen molar-refractivity contribution < 1.29 is 9.84 Å². The van der Waals surface area contributed by atoms with E-state index in [0.717, 1.165) is 36.5 Å². The Bertz CT molecular complexity index is 719. The largest absolute Gasteiger partial charge is 0.497 e. The number of methoxy groups -OCH3 is 1. The van der Waals surface area contributed by atoms with Gasteiger partial charge in [0, 0.05) is 24.3 Å². The lowest BCUT2D eigenvalue weighted by Crippen LogP contribution is -2.48. The molecule has 4 nitrogen and oxygen atoms in total. The van der Waals surface area contributed by atoms with Gasteiger partial charge in [0.15, 0.2) is 0 Å². The Balaban J connectivity index is 1.80. The van der Waals surface area contributed by atoms with Crippen LogP contribution in [0.3, 0.4) is 0 Å². The number of benzene rings is 2. The molecule has 1 fully saturated rings. The van der Waals surface area contributed by atoms with E-state index >= 15 is 0 Å². The second-order valence-electron chi connectivity index (χ2n) is 6.53. The molecule has 0 aliphatic carbocycles. The smallest absolute Gasteiger partial charge is 0.127 e. The summed E-state index contributed by atoms with van der Waals surface area (Å²) in [5, 5.41) is 11.4. The van der Waals surface area contributed by atoms with Crippen LogP contribution in [0.25, 0.3) is 0 Å². The minimum atomic E-state index is -0.826. The molecule has 1 N–H and O–H groups in total. The monoisotopic (exact) mass is 310 g/mol. The molecule has 4 rings (SSSR count). The minimum Gasteiger partial charge on any atom is -0.497 e. The van der Waals surface area contributed by atoms with Gasteiger partial charge in [0.2, 0.25) is 0 Å². The van der Waals surface area contributed by atoms with Gasteiger partial charge >= 0.3 is 0 Å². The van der Waals surface area contributed by atoms with Gasteiger partial charge in [0.1, 0.15) is 17.5 Å². The molecule has 23 heavy (non-hydrogen) atoms. The van der Waals surface area contributed by atoms with Gasteiger partial charge in [-0.15, -0.1) is 0 Å². The summed E-state index contributed by atoms with van der Waals surface area (Å²) in [5.41, 5.74) is 2.52. The highest BCUT2D eigenvalue weighted by molar-refractivity contribution is 5.66. The first-order valence-electron chi connectivity index (χ1n) is 8.05. The van der Waals surface area contributed by atoms with Gasteiger partial charge in [-0.05, 0) is 37.2 Å². The maximum atomic E-state index is 11.4. The number of likely N-dealkylation sites (tertiary alicyclic amines) is 1. The zero-order chi connectivity index (χ0) is 16.0. The first kappa shape index (κ1) is 14.5. The van der Waals surface area contributed by atoms with Crippen LogP contribution in [-0.2, 0) is 12.1 Å². The van der Waals surface area contributed by atoms with Crippen LogP contribution in [0.15, 0.2) is 48.5 Å². The van der Waals surface area contributed by atoms with E-state index in [9.17, 15) is 5.11 Å². The number of rotatable bonds is 3. The number of aliphatic hydroxyl groups is 1. The van der Waals surface area contributed by atoms with Gasteiger partial charge in [-0.2, -0.15) is 0 Å². The molecule has 4 heteroatoms. The Morgan fingerprint density at radius 2 is 2.00 bits per heavy atom. The third kappa shape index (κ3) is 2.13. The molecule has 0 unspecified atom stereocenters. The maximum absolute atomic E-state index is 11.4. The van der Waals surface area contributed by atoms with Crippen LogP contribution in [0.2, 0.25) is 0 Å². The quantitative estimate of drug-likeness (QED) is 0.945. The van der Waals surface area contributed by atoms with E-state index in [1.54, 1.807) is 7.11 Å². The molecule has 0 spiro atoms. The Labute approximate surface area is 136 Å². The number of anilines is 1. The topological polar surface area (TPSA) is 35.9 Å². The van der Waals surface area contributed by atoms with Crippen molar-refractivity contribution in [1.82, 2.24) is 4.90 Å². The normalized spacial score (nSPS) is 26.2. The van der Waals surface area contributed by atoms with Crippen molar-refractivity contribution in [2.75, 3.05) is 25.6 Å². The van der Waals surface area contributed by atoms with Gasteiger partial charge in [-0.25, -0.2) is 0 Å². The fourth-order valence-corrected chi connectivity index (χ4v) is 4.06. The molecule has 2 aliphatic heterocycles. The van der Waals surface area contributed by atoms with E-state index < -0.39 is 5.60 Å². The summed E-state index contributed by atoms with van der Waals surface area (Å²) in [5.74, 6) is 0.798. The van der Waals surface area contributed by atoms with Gasteiger partial charge in [-0.3, -0.25) is 4.90 Å². The molecule has 2 aromatic rings. The summed E-state index contributed by atoms with van der Waals surface area (Å²) in [6.45, 7) is 1.68. The van der Waals surface area contributed by atoms with Crippen molar-refractivity contribution in [3.05, 3.63) is 59.7 Å². The Hall–Kier alpha value is -2.04. The second kappa shape index (κ2) is 5.25. The summed E-state index contributed by atoms with van der Waals surface area (Å²) in [7, 11) is 3.75. The van der Waals surface area contributed by atoms with Crippen molar-refractivity contribution in [2.45, 2.75) is 24.7 Å². The van der Waals surface area contributed by atoms with Crippen LogP contribution in [0.1, 0.15) is 17.5 Å². The molecule has 0 radical (unpaired) electrons. The SMILES string of the molecule is COc1ccc2c(c1)[C@@]1(O)CCN(C)[C@H]1N2Cc1ccccc1. The van der Waals surface area contributed by atoms with Crippen molar-refractivity contribution in [2.24, 2.45) is 0 Å². The maximum Gasteiger partial charge on any atom is 0.127 e. The lowest BCUT2D eigenvalue weighted by Gasteiger charge is -2.34. The predicted octanol–water partition coefficient (Wildman–Crippen LogP) is 2.56. The first-order valence-corrected chi connectivity index (χ1v) is 8.05. The van der Waals surface area contributed by atoms with Crippen LogP contribution >= 0.6 is 0 Å². The average Bonchev–Trinajstić information content (AvgIpc) is 3.01. The Morgan fingerprint density at radius 1 is 1.22 bits per heavy atom. The van der Waals surface area contributed by atoms with E-state index in [1.165, 1.54) is 5.56 Å². The van der Waals surface area contributed by atoms with E-state index in [4.69, 9.17) is 4.74 Å². The fourth-order valence-electron chi connectivity index (χ4n) is 4.06. The molecule has 0 saturated carbocycles. The molecular formula is C19H22N2O2. The summed E-state index contributed by atoms with van der Waals surface area (Å²) >= 11 is 0. The molecule has 2 heterocycles. The first-order chi connectivity index (χ1) is 11.1. The van der Waals surface area contributed by atoms with Gasteiger partial charge in [0.25, 0.3) is 0 Å². The van der Waals surface area contributed by atoms with E-state index in [2.05, 4.69) is 47.2 Å². The number of hydrogen-bond donors (Lipinski definition) is 1. The highest BCUT2D eigenvalue weighted by atomic mass is 16.5. The standard InChI is InChI=1S/C19H22N2O2/c1-20-11-10-19(22)16-12-15(23-2)8-9-17(16)21(18(19)20)13-14-6-4-3-5-7-14/h3-9,12,18,22H,10-11,13H2,1-2H3/t18-,19-/m0/s1. The molecule has 1 saturated heterocycles. The lowest BCUT2D eigenvalue weighted by molar-refractivity contribution is 0.0141. The highest BCUT2D eigenvalue weighted by Gasteiger charge is 2.55. The molecule has 120 valence electrons. The molecule has 2 aromatic carbocycles. The van der Waals surface area contributed by atoms with E-state index in [1.807, 2.05) is 18.2 Å². The summed E-state index contributed by atoms with van der Waals surface area (Å²) in [6, 6.07) is 16.5. The summed E-state index contributed by atoms with van der Waals surface area (Å²) in [6.07, 6.45) is 0.726. The highest BCUT2D eigenvalue weighted by Crippen LogP contribution is 2.51. The third-order valence-electron chi connectivity index (χ3n) is 5.16. The summed E-state index contributed by atoms with van der Waals surface area (Å²) < 4.78 is 5.37. The zero-order valence-electron chi connectivity index (χ0n) is 13.6. The van der Waals surface area contributed by atoms with Crippen molar-refractivity contribution in [3.8, 4) is 5.75 Å². The molecule has 0 bridgehead atoms. The number of ether oxygens (including phenoxy) is 1. The van der Waals surface area contributed by atoms with Crippen molar-refractivity contribution >= 4 is 5.69 Å². The van der Waals surface area contributed by atoms with Crippen LogP contribution in [-0.4, -0.2) is 36.9 Å². The van der Waals surface area contributed by atoms with Gasteiger partial charge in [0.05, 0.1) is 7.11 Å². The molecular weight excluding hydrogens is 288 g/mol. The average molecular weight is 310 g/mol. The number of fused-ring (bicyclic) bond motifs is 3. The second-order valence-corrected chi connectivity index (χ2v) is 6.53. The van der Waals surface area contributed by atoms with Crippen LogP contribution < -0.4 is 9.64 Å². The number of likely N-dealkylation sites (N-methyl/N-ethyl adjacent to an activating group) is 1. The predicted molar refractivity (Wildman–Crippen MR) is 90.6 cm³/mol. The summed E-state index contributed by atoms with van der Waals surface area (Å²) in [4.78, 5) is 4.56. The van der Waals surface area contributed by atoms with E-state index in [-0.39, 0.29) is 6.17 Å². The zero-order valence-corrected chi connectivity index (χ0v) is 13.6. The third-order valence-corrected chi connectivity index (χ3v) is 5.16. The van der Waals surface area contributed by atoms with Crippen molar-refractivity contribution in [3.63, 3.8) is 0 Å². The fraction of sp³-hybridized carbons (Fsp3) is 0.368. The van der Waals surface area contributed by atoms with Gasteiger partial charge in [-0.1, -0.05) is 30.3 Å². The van der Waals surface area contributed by atoms with Gasteiger partial charge < -0.3 is 14.7 Å². The molecule has 2 atom stereocenters. The Morgan fingerprint density at radius 3 is 2.74 bits per heavy atom. The van der Waals surface area contributed by atoms with Crippen LogP contribution in [0, 0.1) is 0 Å². The molecule has 2 aliphatic rings. The minimum absolute atomic E-state index is 0.0233. The van der Waals surface area contributed by atoms with E-state index in [0.29, 0.717) is 0 Å². The lowest BCUT2D eigenvalue weighted by atomic mass is 9.93. The molecule has 0 amide bonds. The van der Waals surface area contributed by atoms with Crippen LogP contribution in [0.4, 0.5) is 5.69 Å². The number of nitrogens with zero attached hydrogens (tertiary/aromatic N) is 2. The molecule has 0 aromatic heterocycles.